The van der Waals surface area contributed by atoms with Crippen molar-refractivity contribution in [1.29, 1.82) is 0 Å². The summed E-state index contributed by atoms with van der Waals surface area (Å²) in [7, 11) is 0. The van der Waals surface area contributed by atoms with Crippen molar-refractivity contribution in [3.63, 3.8) is 0 Å². The number of esters is 1. The highest BCUT2D eigenvalue weighted by atomic mass is 35.5. The van der Waals surface area contributed by atoms with E-state index in [0.717, 1.165) is 0 Å². The van der Waals surface area contributed by atoms with Crippen LogP contribution < -0.4 is 0 Å². The van der Waals surface area contributed by atoms with Crippen molar-refractivity contribution in [3.05, 3.63) is 65.1 Å². The molecule has 2 aromatic heterocycles. The minimum atomic E-state index is -0.903. The minimum absolute atomic E-state index is 0.291. The second-order valence-corrected chi connectivity index (χ2v) is 5.37. The number of halogens is 1. The van der Waals surface area contributed by atoms with Crippen molar-refractivity contribution in [2.24, 2.45) is 0 Å². The lowest BCUT2D eigenvalue weighted by Crippen LogP contribution is -2.24. The molecule has 0 saturated carbocycles. The van der Waals surface area contributed by atoms with E-state index in [1.807, 2.05) is 0 Å². The summed E-state index contributed by atoms with van der Waals surface area (Å²) < 4.78 is 6.83. The van der Waals surface area contributed by atoms with Crippen LogP contribution in [0, 0.1) is 0 Å². The Kier molecular flexibility index (Phi) is 4.08. The summed E-state index contributed by atoms with van der Waals surface area (Å²) in [5.74, 6) is -0.879. The first-order valence-corrected chi connectivity index (χ1v) is 7.22. The van der Waals surface area contributed by atoms with Crippen LogP contribution in [0.25, 0.3) is 5.65 Å². The predicted octanol–water partition coefficient (Wildman–Crippen LogP) is 2.81. The molecule has 0 N–H and O–H groups in total. The van der Waals surface area contributed by atoms with Crippen molar-refractivity contribution < 1.29 is 14.3 Å². The first kappa shape index (κ1) is 15.2. The minimum Gasteiger partial charge on any atom is -0.451 e. The highest BCUT2D eigenvalue weighted by Crippen LogP contribution is 2.14. The molecule has 0 radical (unpaired) electrons. The Bertz CT molecular complexity index is 874. The van der Waals surface area contributed by atoms with E-state index < -0.39 is 12.1 Å². The van der Waals surface area contributed by atoms with Crippen molar-refractivity contribution in [2.75, 3.05) is 0 Å². The number of aromatic nitrogens is 3. The van der Waals surface area contributed by atoms with E-state index in [1.165, 1.54) is 13.3 Å². The van der Waals surface area contributed by atoms with E-state index in [1.54, 1.807) is 47.0 Å². The molecule has 6 nitrogen and oxygen atoms in total. The number of ketones is 1. The Labute approximate surface area is 136 Å². The van der Waals surface area contributed by atoms with Crippen LogP contribution in [0.3, 0.4) is 0 Å². The Morgan fingerprint density at radius 3 is 2.57 bits per heavy atom. The van der Waals surface area contributed by atoms with Crippen LogP contribution >= 0.6 is 11.6 Å². The molecule has 2 heterocycles. The van der Waals surface area contributed by atoms with Crippen LogP contribution in [-0.4, -0.2) is 32.5 Å². The quantitative estimate of drug-likeness (QED) is 0.543. The van der Waals surface area contributed by atoms with Gasteiger partial charge in [-0.2, -0.15) is 0 Å². The maximum absolute atomic E-state index is 12.2. The predicted molar refractivity (Wildman–Crippen MR) is 83.6 cm³/mol. The molecule has 0 aliphatic heterocycles. The second-order valence-electron chi connectivity index (χ2n) is 4.93. The molecule has 0 saturated heterocycles. The van der Waals surface area contributed by atoms with Crippen molar-refractivity contribution in [3.8, 4) is 0 Å². The van der Waals surface area contributed by atoms with E-state index >= 15 is 0 Å². The molecule has 116 valence electrons. The van der Waals surface area contributed by atoms with Crippen molar-refractivity contribution >= 4 is 29.0 Å². The molecule has 23 heavy (non-hydrogen) atoms. The summed E-state index contributed by atoms with van der Waals surface area (Å²) in [4.78, 5) is 24.4. The molecule has 0 bridgehead atoms. The van der Waals surface area contributed by atoms with Crippen LogP contribution in [0.15, 0.2) is 48.9 Å². The van der Waals surface area contributed by atoms with E-state index in [9.17, 15) is 9.59 Å². The third kappa shape index (κ3) is 3.22. The standard InChI is InChI=1S/C16H12ClN3O3/c1-10(15(21)11-2-5-13(17)6-3-11)23-16(22)12-4-7-14-19-18-9-20(14)8-12/h2-10H,1H3/t10-/m1/s1. The fourth-order valence-electron chi connectivity index (χ4n) is 2.08. The number of rotatable bonds is 4. The van der Waals surface area contributed by atoms with E-state index in [4.69, 9.17) is 16.3 Å². The smallest absolute Gasteiger partial charge is 0.340 e. The Hall–Kier alpha value is -2.73. The molecular weight excluding hydrogens is 318 g/mol. The first-order chi connectivity index (χ1) is 11.0. The molecule has 0 unspecified atom stereocenters. The van der Waals surface area contributed by atoms with E-state index in [-0.39, 0.29) is 5.78 Å². The Morgan fingerprint density at radius 1 is 1.13 bits per heavy atom. The number of carbonyl (C=O) groups excluding carboxylic acids is 2. The van der Waals surface area contributed by atoms with E-state index in [0.29, 0.717) is 21.8 Å². The summed E-state index contributed by atoms with van der Waals surface area (Å²) in [5.41, 5.74) is 1.36. The lowest BCUT2D eigenvalue weighted by Gasteiger charge is -2.12. The number of carbonyl (C=O) groups is 2. The number of pyridine rings is 1. The zero-order chi connectivity index (χ0) is 16.4. The van der Waals surface area contributed by atoms with Crippen molar-refractivity contribution in [1.82, 2.24) is 14.6 Å². The van der Waals surface area contributed by atoms with E-state index in [2.05, 4.69) is 10.2 Å². The van der Waals surface area contributed by atoms with Crippen LogP contribution in [0.5, 0.6) is 0 Å². The molecule has 0 aliphatic carbocycles. The zero-order valence-corrected chi connectivity index (χ0v) is 12.9. The van der Waals surface area contributed by atoms with Gasteiger partial charge in [-0.15, -0.1) is 10.2 Å². The largest absolute Gasteiger partial charge is 0.451 e. The maximum atomic E-state index is 12.2. The normalized spacial score (nSPS) is 12.1. The van der Waals surface area contributed by atoms with Gasteiger partial charge in [-0.1, -0.05) is 11.6 Å². The molecule has 3 aromatic rings. The average Bonchev–Trinajstić information content (AvgIpc) is 3.02. The number of fused-ring (bicyclic) bond motifs is 1. The zero-order valence-electron chi connectivity index (χ0n) is 12.1. The Balaban J connectivity index is 1.73. The van der Waals surface area contributed by atoms with Gasteiger partial charge in [0, 0.05) is 16.8 Å². The topological polar surface area (TPSA) is 73.6 Å². The molecule has 0 fully saturated rings. The first-order valence-electron chi connectivity index (χ1n) is 6.85. The lowest BCUT2D eigenvalue weighted by molar-refractivity contribution is 0.0318. The van der Waals surface area contributed by atoms with Gasteiger partial charge in [0.2, 0.25) is 5.78 Å². The summed E-state index contributed by atoms with van der Waals surface area (Å²) in [6.07, 6.45) is 2.13. The summed E-state index contributed by atoms with van der Waals surface area (Å²) in [6.45, 7) is 1.53. The van der Waals surface area contributed by atoms with Gasteiger partial charge in [0.1, 0.15) is 6.33 Å². The number of hydrogen-bond acceptors (Lipinski definition) is 5. The SMILES string of the molecule is C[C@@H](OC(=O)c1ccc2nncn2c1)C(=O)c1ccc(Cl)cc1. The molecule has 0 aliphatic rings. The fraction of sp³-hybridized carbons (Fsp3) is 0.125. The van der Waals surface area contributed by atoms with Crippen LogP contribution in [-0.2, 0) is 4.74 Å². The van der Waals surface area contributed by atoms with Gasteiger partial charge in [0.15, 0.2) is 11.8 Å². The van der Waals surface area contributed by atoms with Gasteiger partial charge in [-0.3, -0.25) is 9.20 Å². The number of Topliss-reactive ketones (excluding diaryl/α,β-unsaturated/α-hetero) is 1. The van der Waals surface area contributed by atoms with Gasteiger partial charge in [0.05, 0.1) is 5.56 Å². The monoisotopic (exact) mass is 329 g/mol. The number of hydrogen-bond donors (Lipinski definition) is 0. The molecular formula is C16H12ClN3O3. The van der Waals surface area contributed by atoms with Crippen LogP contribution in [0.1, 0.15) is 27.6 Å². The summed E-state index contributed by atoms with van der Waals surface area (Å²) in [5, 5.41) is 8.12. The number of ether oxygens (including phenoxy) is 1. The number of benzene rings is 1. The van der Waals surface area contributed by atoms with Crippen molar-refractivity contribution in [2.45, 2.75) is 13.0 Å². The number of nitrogens with zero attached hydrogens (tertiary/aromatic N) is 3. The Morgan fingerprint density at radius 2 is 1.83 bits per heavy atom. The van der Waals surface area contributed by atoms with Crippen LogP contribution in [0.4, 0.5) is 0 Å². The molecule has 0 amide bonds. The summed E-state index contributed by atoms with van der Waals surface area (Å²) in [6, 6.07) is 9.64. The molecule has 3 rings (SSSR count). The molecule has 1 aromatic carbocycles. The van der Waals surface area contributed by atoms with Gasteiger partial charge in [0.25, 0.3) is 0 Å². The molecule has 1 atom stereocenters. The maximum Gasteiger partial charge on any atom is 0.340 e. The van der Waals surface area contributed by atoms with Gasteiger partial charge < -0.3 is 4.74 Å². The fourth-order valence-corrected chi connectivity index (χ4v) is 2.21. The summed E-state index contributed by atoms with van der Waals surface area (Å²) >= 11 is 5.79. The lowest BCUT2D eigenvalue weighted by atomic mass is 10.1. The van der Waals surface area contributed by atoms with Gasteiger partial charge >= 0.3 is 5.97 Å². The highest BCUT2D eigenvalue weighted by Gasteiger charge is 2.20. The third-order valence-corrected chi connectivity index (χ3v) is 3.56. The van der Waals surface area contributed by atoms with Crippen LogP contribution in [0.2, 0.25) is 5.02 Å². The van der Waals surface area contributed by atoms with Gasteiger partial charge in [-0.25, -0.2) is 4.79 Å². The second kappa shape index (κ2) is 6.18. The highest BCUT2D eigenvalue weighted by molar-refractivity contribution is 6.30. The molecule has 0 spiro atoms. The molecule has 7 heteroatoms. The van der Waals surface area contributed by atoms with Gasteiger partial charge in [-0.05, 0) is 43.3 Å². The average molecular weight is 330 g/mol. The third-order valence-electron chi connectivity index (χ3n) is 3.31.